The van der Waals surface area contributed by atoms with E-state index in [0.29, 0.717) is 25.9 Å². The Labute approximate surface area is 438 Å². The van der Waals surface area contributed by atoms with E-state index >= 15 is 0 Å². The number of carbonyl (C=O) groups excluding carboxylic acids is 2. The first-order valence-corrected chi connectivity index (χ1v) is 32.3. The molecule has 1 amide bonds. The van der Waals surface area contributed by atoms with Crippen molar-refractivity contribution in [3.8, 4) is 0 Å². The smallest absolute Gasteiger partial charge is 0.305 e. The molecule has 2 atom stereocenters. The van der Waals surface area contributed by atoms with Crippen LogP contribution >= 0.6 is 0 Å². The summed E-state index contributed by atoms with van der Waals surface area (Å²) < 4.78 is 5.48. The van der Waals surface area contributed by atoms with Crippen molar-refractivity contribution in [2.75, 3.05) is 13.2 Å². The van der Waals surface area contributed by atoms with Crippen LogP contribution in [-0.2, 0) is 14.3 Å². The van der Waals surface area contributed by atoms with Crippen LogP contribution in [0.25, 0.3) is 0 Å². The number of amides is 1. The second-order valence-electron chi connectivity index (χ2n) is 22.5. The lowest BCUT2D eigenvalue weighted by molar-refractivity contribution is -0.143. The lowest BCUT2D eigenvalue weighted by Crippen LogP contribution is -2.45. The van der Waals surface area contributed by atoms with Gasteiger partial charge in [-0.2, -0.15) is 0 Å². The van der Waals surface area contributed by atoms with Gasteiger partial charge in [-0.3, -0.25) is 9.59 Å². The molecule has 6 heteroatoms. The van der Waals surface area contributed by atoms with E-state index in [9.17, 15) is 19.8 Å². The molecule has 0 bridgehead atoms. The second-order valence-corrected chi connectivity index (χ2v) is 22.5. The number of aliphatic hydroxyl groups is 2. The average Bonchev–Trinajstić information content (AvgIpc) is 3.36. The maximum atomic E-state index is 12.5. The van der Waals surface area contributed by atoms with Gasteiger partial charge >= 0.3 is 5.97 Å². The summed E-state index contributed by atoms with van der Waals surface area (Å²) in [5.41, 5.74) is 0. The van der Waals surface area contributed by atoms with Gasteiger partial charge in [0.25, 0.3) is 0 Å². The Kier molecular flexibility index (Phi) is 59.4. The summed E-state index contributed by atoms with van der Waals surface area (Å²) >= 11 is 0. The van der Waals surface area contributed by atoms with Gasteiger partial charge in [0.15, 0.2) is 0 Å². The lowest BCUT2D eigenvalue weighted by Gasteiger charge is -2.22. The number of unbranched alkanes of at least 4 members (excludes halogenated alkanes) is 50. The molecule has 0 aromatic heterocycles. The van der Waals surface area contributed by atoms with Crippen LogP contribution < -0.4 is 5.32 Å². The predicted molar refractivity (Wildman–Crippen MR) is 306 cm³/mol. The molecule has 3 N–H and O–H groups in total. The molecule has 2 unspecified atom stereocenters. The molecule has 0 aliphatic heterocycles. The third-order valence-corrected chi connectivity index (χ3v) is 15.4. The first-order valence-electron chi connectivity index (χ1n) is 32.3. The highest BCUT2D eigenvalue weighted by Gasteiger charge is 2.20. The summed E-state index contributed by atoms with van der Waals surface area (Å²) in [6, 6.07) is -0.541. The summed E-state index contributed by atoms with van der Waals surface area (Å²) in [5.74, 6) is -0.0166. The molecular formula is C64H127NO5. The van der Waals surface area contributed by atoms with Crippen LogP contribution in [0.4, 0.5) is 0 Å². The highest BCUT2D eigenvalue weighted by molar-refractivity contribution is 5.76. The number of carbonyl (C=O) groups is 2. The molecule has 0 aromatic rings. The number of hydrogen-bond donors (Lipinski definition) is 3. The summed E-state index contributed by atoms with van der Waals surface area (Å²) in [6.07, 6.45) is 71.2. The van der Waals surface area contributed by atoms with Crippen molar-refractivity contribution in [1.82, 2.24) is 5.32 Å². The molecule has 70 heavy (non-hydrogen) atoms. The maximum Gasteiger partial charge on any atom is 0.305 e. The fourth-order valence-corrected chi connectivity index (χ4v) is 10.5. The third kappa shape index (κ3) is 56.2. The fourth-order valence-electron chi connectivity index (χ4n) is 10.5. The molecule has 0 rings (SSSR count). The Morgan fingerprint density at radius 1 is 0.343 bits per heavy atom. The maximum absolute atomic E-state index is 12.5. The number of nitrogens with one attached hydrogen (secondary N) is 1. The summed E-state index contributed by atoms with van der Waals surface area (Å²) in [6.45, 7) is 4.99. The number of ether oxygens (including phenoxy) is 1. The van der Waals surface area contributed by atoms with Crippen molar-refractivity contribution in [3.05, 3.63) is 0 Å². The molecule has 0 heterocycles. The molecule has 0 saturated heterocycles. The average molecular weight is 991 g/mol. The molecule has 6 nitrogen and oxygen atoms in total. The predicted octanol–water partition coefficient (Wildman–Crippen LogP) is 20.3. The standard InChI is InChI=1S/C64H127NO5/c1-3-5-7-9-11-13-15-17-18-19-23-26-29-33-36-40-44-48-52-56-62(67)61(60-66)65-63(68)57-53-49-45-41-37-34-30-27-24-21-20-22-25-28-31-35-39-43-47-51-55-59-70-64(69)58-54-50-46-42-38-32-16-14-12-10-8-6-4-2/h61-62,66-67H,3-60H2,1-2H3,(H,65,68). The van der Waals surface area contributed by atoms with Gasteiger partial charge in [-0.1, -0.05) is 335 Å². The SMILES string of the molecule is CCCCCCCCCCCCCCCCCCCCCC(O)C(CO)NC(=O)CCCCCCCCCCCCCCCCCCCCCCCOC(=O)CCCCCCCCCCCCCCC. The van der Waals surface area contributed by atoms with Gasteiger partial charge in [-0.15, -0.1) is 0 Å². The van der Waals surface area contributed by atoms with Gasteiger partial charge in [0.05, 0.1) is 25.4 Å². The Bertz CT molecular complexity index is 1010. The van der Waals surface area contributed by atoms with E-state index in [2.05, 4.69) is 19.2 Å². The number of aliphatic hydroxyl groups excluding tert-OH is 2. The largest absolute Gasteiger partial charge is 0.466 e. The van der Waals surface area contributed by atoms with Crippen molar-refractivity contribution in [2.24, 2.45) is 0 Å². The van der Waals surface area contributed by atoms with Crippen LogP contribution in [0.3, 0.4) is 0 Å². The topological polar surface area (TPSA) is 95.9 Å². The van der Waals surface area contributed by atoms with E-state index in [1.54, 1.807) is 0 Å². The van der Waals surface area contributed by atoms with E-state index in [0.717, 1.165) is 38.5 Å². The van der Waals surface area contributed by atoms with Crippen molar-refractivity contribution >= 4 is 11.9 Å². The Balaban J connectivity index is 3.37. The van der Waals surface area contributed by atoms with E-state index in [-0.39, 0.29) is 18.5 Å². The number of rotatable bonds is 61. The molecule has 0 saturated carbocycles. The van der Waals surface area contributed by atoms with Crippen LogP contribution in [-0.4, -0.2) is 47.4 Å². The zero-order chi connectivity index (χ0) is 50.7. The lowest BCUT2D eigenvalue weighted by atomic mass is 10.0. The quantitative estimate of drug-likeness (QED) is 0.0417. The van der Waals surface area contributed by atoms with E-state index in [4.69, 9.17) is 4.74 Å². The minimum absolute atomic E-state index is 0.0148. The van der Waals surface area contributed by atoms with E-state index in [1.165, 1.54) is 302 Å². The molecule has 0 aliphatic carbocycles. The first kappa shape index (κ1) is 68.9. The molecular weight excluding hydrogens is 863 g/mol. The third-order valence-electron chi connectivity index (χ3n) is 15.4. The molecule has 0 spiro atoms. The Hall–Kier alpha value is -1.14. The monoisotopic (exact) mass is 990 g/mol. The zero-order valence-corrected chi connectivity index (χ0v) is 47.8. The zero-order valence-electron chi connectivity index (χ0n) is 47.8. The summed E-state index contributed by atoms with van der Waals surface area (Å²) in [4.78, 5) is 24.6. The van der Waals surface area contributed by atoms with Crippen molar-refractivity contribution in [2.45, 2.75) is 386 Å². The van der Waals surface area contributed by atoms with Crippen LogP contribution in [0.5, 0.6) is 0 Å². The minimum atomic E-state index is -0.664. The first-order chi connectivity index (χ1) is 34.5. The fraction of sp³-hybridized carbons (Fsp3) is 0.969. The highest BCUT2D eigenvalue weighted by atomic mass is 16.5. The molecule has 0 aromatic carbocycles. The normalized spacial score (nSPS) is 12.5. The van der Waals surface area contributed by atoms with Gasteiger partial charge in [0.2, 0.25) is 5.91 Å². The van der Waals surface area contributed by atoms with Gasteiger partial charge in [0, 0.05) is 12.8 Å². The van der Waals surface area contributed by atoms with Crippen LogP contribution in [0.2, 0.25) is 0 Å². The van der Waals surface area contributed by atoms with Gasteiger partial charge in [0.1, 0.15) is 0 Å². The van der Waals surface area contributed by atoms with E-state index < -0.39 is 12.1 Å². The minimum Gasteiger partial charge on any atom is -0.466 e. The van der Waals surface area contributed by atoms with Crippen molar-refractivity contribution < 1.29 is 24.5 Å². The summed E-state index contributed by atoms with van der Waals surface area (Å²) in [5, 5.41) is 23.4. The Morgan fingerprint density at radius 3 is 0.871 bits per heavy atom. The molecule has 0 radical (unpaired) electrons. The van der Waals surface area contributed by atoms with Gasteiger partial charge in [-0.25, -0.2) is 0 Å². The van der Waals surface area contributed by atoms with Crippen molar-refractivity contribution in [3.63, 3.8) is 0 Å². The van der Waals surface area contributed by atoms with Crippen LogP contribution in [0, 0.1) is 0 Å². The van der Waals surface area contributed by atoms with Crippen LogP contribution in [0.15, 0.2) is 0 Å². The van der Waals surface area contributed by atoms with Gasteiger partial charge < -0.3 is 20.3 Å². The number of hydrogen-bond acceptors (Lipinski definition) is 5. The van der Waals surface area contributed by atoms with Gasteiger partial charge in [-0.05, 0) is 25.7 Å². The molecule has 0 aliphatic rings. The number of esters is 1. The molecule has 0 fully saturated rings. The second kappa shape index (κ2) is 60.4. The highest BCUT2D eigenvalue weighted by Crippen LogP contribution is 2.19. The van der Waals surface area contributed by atoms with Crippen LogP contribution in [0.1, 0.15) is 373 Å². The van der Waals surface area contributed by atoms with E-state index in [1.807, 2.05) is 0 Å². The summed E-state index contributed by atoms with van der Waals surface area (Å²) in [7, 11) is 0. The Morgan fingerprint density at radius 2 is 0.586 bits per heavy atom. The molecule has 418 valence electrons. The van der Waals surface area contributed by atoms with Crippen molar-refractivity contribution in [1.29, 1.82) is 0 Å².